The van der Waals surface area contributed by atoms with E-state index in [1.807, 2.05) is 48.5 Å². The molecule has 0 bridgehead atoms. The number of benzene rings is 3. The Bertz CT molecular complexity index is 1070. The lowest BCUT2D eigenvalue weighted by molar-refractivity contribution is 0.103. The maximum Gasteiger partial charge on any atom is 0.193 e. The van der Waals surface area contributed by atoms with Gasteiger partial charge in [-0.2, -0.15) is 0 Å². The Balaban J connectivity index is 1.74. The maximum atomic E-state index is 13.3. The minimum Gasteiger partial charge on any atom is -0.354 e. The first-order chi connectivity index (χ1) is 12.7. The van der Waals surface area contributed by atoms with Gasteiger partial charge in [-0.15, -0.1) is 11.8 Å². The van der Waals surface area contributed by atoms with E-state index in [0.29, 0.717) is 0 Å². The first kappa shape index (κ1) is 15.9. The van der Waals surface area contributed by atoms with Gasteiger partial charge in [-0.25, -0.2) is 0 Å². The lowest BCUT2D eigenvalue weighted by Gasteiger charge is -2.17. The summed E-state index contributed by atoms with van der Waals surface area (Å²) in [5.74, 6) is 0.122. The van der Waals surface area contributed by atoms with E-state index in [-0.39, 0.29) is 11.0 Å². The number of thioether (sulfide) groups is 1. The molecule has 26 heavy (non-hydrogen) atoms. The largest absolute Gasteiger partial charge is 0.354 e. The van der Waals surface area contributed by atoms with Crippen LogP contribution in [0.3, 0.4) is 0 Å². The second-order valence-electron chi connectivity index (χ2n) is 6.33. The van der Waals surface area contributed by atoms with Crippen LogP contribution in [0.1, 0.15) is 26.7 Å². The number of ketones is 1. The third-order valence-corrected chi connectivity index (χ3v) is 6.66. The number of rotatable bonds is 1. The normalized spacial score (nSPS) is 17.9. The first-order valence-corrected chi connectivity index (χ1v) is 10.1. The van der Waals surface area contributed by atoms with Crippen molar-refractivity contribution in [2.75, 3.05) is 5.32 Å². The average molecular weight is 420 g/mol. The molecule has 0 saturated carbocycles. The summed E-state index contributed by atoms with van der Waals surface area (Å²) in [4.78, 5) is 14.4. The van der Waals surface area contributed by atoms with Crippen LogP contribution in [0.5, 0.6) is 0 Å². The monoisotopic (exact) mass is 419 g/mol. The van der Waals surface area contributed by atoms with E-state index in [0.717, 1.165) is 43.0 Å². The number of anilines is 1. The molecular formula is C22H14BrNOS. The van der Waals surface area contributed by atoms with E-state index in [1.165, 1.54) is 0 Å². The van der Waals surface area contributed by atoms with Gasteiger partial charge in [0.25, 0.3) is 0 Å². The van der Waals surface area contributed by atoms with Crippen molar-refractivity contribution in [2.45, 2.75) is 10.1 Å². The van der Waals surface area contributed by atoms with Crippen LogP contribution in [0.25, 0.3) is 5.70 Å². The number of carbonyl (C=O) groups is 1. The molecule has 0 saturated heterocycles. The molecule has 4 heteroatoms. The molecule has 1 aliphatic heterocycles. The molecule has 0 amide bonds. The third kappa shape index (κ3) is 2.44. The summed E-state index contributed by atoms with van der Waals surface area (Å²) in [5, 5.41) is 3.50. The van der Waals surface area contributed by atoms with Gasteiger partial charge in [-0.3, -0.25) is 4.79 Å². The summed E-state index contributed by atoms with van der Waals surface area (Å²) >= 11 is 5.24. The fourth-order valence-corrected chi connectivity index (χ4v) is 5.11. The van der Waals surface area contributed by atoms with E-state index in [9.17, 15) is 4.79 Å². The number of para-hydroxylation sites is 1. The Hall–Kier alpha value is -2.30. The molecule has 0 unspecified atom stereocenters. The molecule has 3 aromatic carbocycles. The lowest BCUT2D eigenvalue weighted by atomic mass is 10.0. The van der Waals surface area contributed by atoms with Crippen LogP contribution in [-0.4, -0.2) is 5.78 Å². The summed E-state index contributed by atoms with van der Waals surface area (Å²) in [5.41, 5.74) is 5.74. The van der Waals surface area contributed by atoms with Gasteiger partial charge in [0.15, 0.2) is 5.78 Å². The molecule has 0 aromatic heterocycles. The van der Waals surface area contributed by atoms with Crippen molar-refractivity contribution in [3.8, 4) is 0 Å². The molecule has 3 aromatic rings. The van der Waals surface area contributed by atoms with Crippen LogP contribution in [0.2, 0.25) is 0 Å². The fourth-order valence-electron chi connectivity index (χ4n) is 3.55. The highest BCUT2D eigenvalue weighted by atomic mass is 79.9. The third-order valence-electron chi connectivity index (χ3n) is 4.78. The van der Waals surface area contributed by atoms with Gasteiger partial charge < -0.3 is 5.32 Å². The minimum atomic E-state index is -0.0471. The van der Waals surface area contributed by atoms with E-state index < -0.39 is 0 Å². The second-order valence-corrected chi connectivity index (χ2v) is 8.40. The summed E-state index contributed by atoms with van der Waals surface area (Å²) < 4.78 is 1.04. The first-order valence-electron chi connectivity index (χ1n) is 8.39. The summed E-state index contributed by atoms with van der Waals surface area (Å²) in [6.45, 7) is 0. The summed E-state index contributed by atoms with van der Waals surface area (Å²) in [6.07, 6.45) is 0. The topological polar surface area (TPSA) is 29.1 Å². The molecule has 1 aliphatic carbocycles. The Morgan fingerprint density at radius 2 is 1.54 bits per heavy atom. The van der Waals surface area contributed by atoms with Gasteiger partial charge in [-0.1, -0.05) is 64.5 Å². The van der Waals surface area contributed by atoms with Crippen molar-refractivity contribution in [2.24, 2.45) is 0 Å². The van der Waals surface area contributed by atoms with Crippen molar-refractivity contribution in [3.05, 3.63) is 99.5 Å². The van der Waals surface area contributed by atoms with Crippen LogP contribution in [0.4, 0.5) is 5.69 Å². The molecule has 5 rings (SSSR count). The van der Waals surface area contributed by atoms with Crippen molar-refractivity contribution in [3.63, 3.8) is 0 Å². The van der Waals surface area contributed by atoms with Crippen LogP contribution >= 0.6 is 27.7 Å². The van der Waals surface area contributed by atoms with Gasteiger partial charge in [-0.05, 0) is 29.8 Å². The number of Topliss-reactive ketones (excluding diaryl/α,β-unsaturated/α-hetero) is 1. The highest BCUT2D eigenvalue weighted by Crippen LogP contribution is 2.52. The Morgan fingerprint density at radius 1 is 0.846 bits per heavy atom. The van der Waals surface area contributed by atoms with Crippen LogP contribution < -0.4 is 5.32 Å². The van der Waals surface area contributed by atoms with E-state index in [4.69, 9.17) is 0 Å². The van der Waals surface area contributed by atoms with Crippen molar-refractivity contribution in [1.82, 2.24) is 0 Å². The zero-order valence-corrected chi connectivity index (χ0v) is 16.1. The molecule has 126 valence electrons. The number of carbonyl (C=O) groups excluding carboxylic acids is 1. The van der Waals surface area contributed by atoms with Crippen LogP contribution in [0, 0.1) is 0 Å². The highest BCUT2D eigenvalue weighted by molar-refractivity contribution is 9.10. The highest BCUT2D eigenvalue weighted by Gasteiger charge is 2.37. The van der Waals surface area contributed by atoms with Gasteiger partial charge >= 0.3 is 0 Å². The molecule has 1 heterocycles. The molecule has 0 fully saturated rings. The number of hydrogen-bond donors (Lipinski definition) is 1. The number of hydrogen-bond acceptors (Lipinski definition) is 3. The fraction of sp³-hybridized carbons (Fsp3) is 0.0455. The zero-order valence-electron chi connectivity index (χ0n) is 13.7. The number of halogens is 1. The van der Waals surface area contributed by atoms with E-state index in [1.54, 1.807) is 11.8 Å². The van der Waals surface area contributed by atoms with Crippen molar-refractivity contribution >= 4 is 44.9 Å². The molecule has 1 atom stereocenters. The Kier molecular flexibility index (Phi) is 3.76. The summed E-state index contributed by atoms with van der Waals surface area (Å²) in [7, 11) is 0. The summed E-state index contributed by atoms with van der Waals surface area (Å²) in [6, 6.07) is 24.4. The Morgan fingerprint density at radius 3 is 2.35 bits per heavy atom. The van der Waals surface area contributed by atoms with Gasteiger partial charge in [0, 0.05) is 26.1 Å². The number of fused-ring (bicyclic) bond motifs is 3. The average Bonchev–Trinajstić information content (AvgIpc) is 2.84. The lowest BCUT2D eigenvalue weighted by Crippen LogP contribution is -2.07. The van der Waals surface area contributed by atoms with Crippen molar-refractivity contribution in [1.29, 1.82) is 0 Å². The van der Waals surface area contributed by atoms with Gasteiger partial charge in [0.1, 0.15) is 0 Å². The zero-order chi connectivity index (χ0) is 17.7. The van der Waals surface area contributed by atoms with Gasteiger partial charge in [0.05, 0.1) is 16.6 Å². The van der Waals surface area contributed by atoms with E-state index in [2.05, 4.69) is 45.5 Å². The van der Waals surface area contributed by atoms with Gasteiger partial charge in [0.2, 0.25) is 0 Å². The standard InChI is InChI=1S/C22H14BrNOS/c23-14-11-9-13(10-12-14)22-19-20(15-5-1-2-6-16(15)21(19)25)24-17-7-3-4-8-18(17)26-22/h1-12,22,24H/t22-/m0/s1. The predicted octanol–water partition coefficient (Wildman–Crippen LogP) is 6.32. The number of nitrogens with one attached hydrogen (secondary N) is 1. The SMILES string of the molecule is O=C1C2=C(Nc3ccccc3S[C@H]2c2ccc(Br)cc2)c2ccccc21. The Labute approximate surface area is 164 Å². The second kappa shape index (κ2) is 6.15. The quantitative estimate of drug-likeness (QED) is 0.500. The smallest absolute Gasteiger partial charge is 0.193 e. The van der Waals surface area contributed by atoms with Crippen molar-refractivity contribution < 1.29 is 4.79 Å². The van der Waals surface area contributed by atoms with Crippen LogP contribution in [-0.2, 0) is 0 Å². The van der Waals surface area contributed by atoms with Crippen LogP contribution in [0.15, 0.2) is 87.7 Å². The molecule has 2 aliphatic rings. The predicted molar refractivity (Wildman–Crippen MR) is 110 cm³/mol. The molecule has 2 nitrogen and oxygen atoms in total. The molecular weight excluding hydrogens is 406 g/mol. The maximum absolute atomic E-state index is 13.3. The molecule has 0 radical (unpaired) electrons. The molecule has 0 spiro atoms. The molecule has 1 N–H and O–H groups in total. The minimum absolute atomic E-state index is 0.0471. The van der Waals surface area contributed by atoms with E-state index >= 15 is 0 Å².